The molecule has 0 bridgehead atoms. The third kappa shape index (κ3) is 2.20. The fourth-order valence-corrected chi connectivity index (χ4v) is 4.96. The van der Waals surface area contributed by atoms with E-state index in [-0.39, 0.29) is 0 Å². The molecule has 6 rings (SSSR count). The molecule has 1 aromatic carbocycles. The topological polar surface area (TPSA) is 43.6 Å². The highest BCUT2D eigenvalue weighted by molar-refractivity contribution is 7.25. The molecule has 5 heterocycles. The molecule has 4 nitrogen and oxygen atoms in total. The van der Waals surface area contributed by atoms with E-state index in [1.807, 2.05) is 48.7 Å². The van der Waals surface area contributed by atoms with Crippen LogP contribution in [-0.2, 0) is 0 Å². The smallest absolute Gasteiger partial charge is 0.139 e. The summed E-state index contributed by atoms with van der Waals surface area (Å²) in [5, 5.41) is 2.44. The van der Waals surface area contributed by atoms with Crippen molar-refractivity contribution in [1.82, 2.24) is 19.5 Å². The Morgan fingerprint density at radius 3 is 2.50 bits per heavy atom. The highest BCUT2D eigenvalue weighted by Gasteiger charge is 2.19. The number of rotatable bonds is 2. The lowest BCUT2D eigenvalue weighted by molar-refractivity contribution is 1.08. The minimum absolute atomic E-state index is 0.859. The van der Waals surface area contributed by atoms with Crippen molar-refractivity contribution in [1.29, 1.82) is 0 Å². The van der Waals surface area contributed by atoms with Crippen LogP contribution >= 0.6 is 11.3 Å². The molecule has 28 heavy (non-hydrogen) atoms. The summed E-state index contributed by atoms with van der Waals surface area (Å²) >= 11 is 1.78. The largest absolute Gasteiger partial charge is 0.283 e. The molecule has 0 N–H and O–H groups in total. The lowest BCUT2D eigenvalue weighted by Crippen LogP contribution is -1.98. The molecule has 0 fully saturated rings. The zero-order chi connectivity index (χ0) is 18.5. The lowest BCUT2D eigenvalue weighted by atomic mass is 10.2. The SMILES string of the molecule is c1ccc(-c2cccc(-n3c4cccnc4c4c5ccccc5sc43)n2)nc1. The summed E-state index contributed by atoms with van der Waals surface area (Å²) in [7, 11) is 0. The normalized spacial score (nSPS) is 11.6. The zero-order valence-electron chi connectivity index (χ0n) is 14.8. The first kappa shape index (κ1) is 15.5. The number of nitrogens with zero attached hydrogens (tertiary/aromatic N) is 4. The summed E-state index contributed by atoms with van der Waals surface area (Å²) in [4.78, 5) is 15.3. The summed E-state index contributed by atoms with van der Waals surface area (Å²) in [6, 6.07) is 24.5. The van der Waals surface area contributed by atoms with Crippen molar-refractivity contribution in [3.8, 4) is 17.2 Å². The fraction of sp³-hybridized carbons (Fsp3) is 0. The van der Waals surface area contributed by atoms with Crippen molar-refractivity contribution < 1.29 is 0 Å². The van der Waals surface area contributed by atoms with Crippen LogP contribution in [-0.4, -0.2) is 19.5 Å². The van der Waals surface area contributed by atoms with Crippen LogP contribution in [0.3, 0.4) is 0 Å². The van der Waals surface area contributed by atoms with Gasteiger partial charge in [-0.2, -0.15) is 0 Å². The van der Waals surface area contributed by atoms with Crippen molar-refractivity contribution in [2.24, 2.45) is 0 Å². The number of thiophene rings is 1. The Morgan fingerprint density at radius 2 is 1.57 bits per heavy atom. The first-order valence-corrected chi connectivity index (χ1v) is 9.87. The van der Waals surface area contributed by atoms with Gasteiger partial charge in [0.25, 0.3) is 0 Å². The minimum Gasteiger partial charge on any atom is -0.283 e. The van der Waals surface area contributed by atoms with Gasteiger partial charge in [-0.05, 0) is 42.5 Å². The van der Waals surface area contributed by atoms with E-state index >= 15 is 0 Å². The van der Waals surface area contributed by atoms with Crippen molar-refractivity contribution >= 4 is 42.7 Å². The first-order chi connectivity index (χ1) is 13.9. The van der Waals surface area contributed by atoms with Gasteiger partial charge in [0.2, 0.25) is 0 Å². The van der Waals surface area contributed by atoms with E-state index in [2.05, 4.69) is 39.9 Å². The van der Waals surface area contributed by atoms with E-state index in [0.717, 1.165) is 28.2 Å². The van der Waals surface area contributed by atoms with Crippen LogP contribution in [0, 0.1) is 0 Å². The third-order valence-corrected chi connectivity index (χ3v) is 6.09. The summed E-state index contributed by atoms with van der Waals surface area (Å²) in [5.41, 5.74) is 3.81. The van der Waals surface area contributed by atoms with Crippen molar-refractivity contribution in [2.45, 2.75) is 0 Å². The Labute approximate surface area is 164 Å². The Bertz CT molecular complexity index is 1460. The molecule has 0 aliphatic rings. The molecule has 6 aromatic rings. The number of benzene rings is 1. The Morgan fingerprint density at radius 1 is 0.714 bits per heavy atom. The molecule has 0 unspecified atom stereocenters. The van der Waals surface area contributed by atoms with Gasteiger partial charge in [0.15, 0.2) is 0 Å². The molecule has 5 aromatic heterocycles. The Kier molecular flexibility index (Phi) is 3.30. The van der Waals surface area contributed by atoms with E-state index in [9.17, 15) is 0 Å². The van der Waals surface area contributed by atoms with Crippen LogP contribution in [0.15, 0.2) is 85.2 Å². The van der Waals surface area contributed by atoms with Crippen molar-refractivity contribution in [3.05, 3.63) is 85.2 Å². The second-order valence-electron chi connectivity index (χ2n) is 6.58. The van der Waals surface area contributed by atoms with Gasteiger partial charge in [-0.3, -0.25) is 14.5 Å². The second-order valence-corrected chi connectivity index (χ2v) is 7.61. The van der Waals surface area contributed by atoms with Gasteiger partial charge in [0.1, 0.15) is 10.6 Å². The minimum atomic E-state index is 0.859. The predicted molar refractivity (Wildman–Crippen MR) is 115 cm³/mol. The number of hydrogen-bond donors (Lipinski definition) is 0. The number of aromatic nitrogens is 4. The van der Waals surface area contributed by atoms with Gasteiger partial charge in [0.05, 0.1) is 22.4 Å². The van der Waals surface area contributed by atoms with Crippen LogP contribution < -0.4 is 0 Å². The molecule has 0 atom stereocenters. The average molecular weight is 378 g/mol. The van der Waals surface area contributed by atoms with E-state index in [1.54, 1.807) is 17.5 Å². The van der Waals surface area contributed by atoms with Gasteiger partial charge < -0.3 is 0 Å². The van der Waals surface area contributed by atoms with Gasteiger partial charge in [-0.25, -0.2) is 4.98 Å². The second kappa shape index (κ2) is 5.97. The molecule has 132 valence electrons. The predicted octanol–water partition coefficient (Wildman–Crippen LogP) is 5.85. The molecular formula is C23H14N4S. The van der Waals surface area contributed by atoms with Crippen LogP contribution in [0.2, 0.25) is 0 Å². The average Bonchev–Trinajstić information content (AvgIpc) is 3.29. The molecule has 5 heteroatoms. The maximum atomic E-state index is 4.94. The molecule has 0 radical (unpaired) electrons. The van der Waals surface area contributed by atoms with Gasteiger partial charge >= 0.3 is 0 Å². The Balaban J connectivity index is 1.70. The number of hydrogen-bond acceptors (Lipinski definition) is 4. The Hall–Kier alpha value is -3.57. The van der Waals surface area contributed by atoms with Crippen molar-refractivity contribution in [2.75, 3.05) is 0 Å². The summed E-state index contributed by atoms with van der Waals surface area (Å²) in [6.45, 7) is 0. The van der Waals surface area contributed by atoms with Crippen LogP contribution in [0.25, 0.3) is 48.5 Å². The van der Waals surface area contributed by atoms with Crippen molar-refractivity contribution in [3.63, 3.8) is 0 Å². The number of pyridine rings is 3. The van der Waals surface area contributed by atoms with Gasteiger partial charge in [-0.1, -0.05) is 30.3 Å². The maximum absolute atomic E-state index is 4.94. The molecule has 0 aliphatic carbocycles. The summed E-state index contributed by atoms with van der Waals surface area (Å²) < 4.78 is 3.48. The fourth-order valence-electron chi connectivity index (χ4n) is 3.73. The van der Waals surface area contributed by atoms with Crippen LogP contribution in [0.5, 0.6) is 0 Å². The van der Waals surface area contributed by atoms with E-state index in [4.69, 9.17) is 9.97 Å². The molecular weight excluding hydrogens is 364 g/mol. The van der Waals surface area contributed by atoms with Gasteiger partial charge in [-0.15, -0.1) is 11.3 Å². The molecule has 0 saturated carbocycles. The van der Waals surface area contributed by atoms with E-state index < -0.39 is 0 Å². The van der Waals surface area contributed by atoms with E-state index in [1.165, 1.54) is 20.3 Å². The van der Waals surface area contributed by atoms with E-state index in [0.29, 0.717) is 0 Å². The zero-order valence-corrected chi connectivity index (χ0v) is 15.6. The molecule has 0 saturated heterocycles. The highest BCUT2D eigenvalue weighted by atomic mass is 32.1. The standard InChI is InChI=1S/C23H14N4S/c1-2-11-19-15(7-1)21-22-18(10-6-14-25-22)27(23(21)28-19)20-12-5-9-17(26-20)16-8-3-4-13-24-16/h1-14H. The van der Waals surface area contributed by atoms with Crippen LogP contribution in [0.1, 0.15) is 0 Å². The summed E-state index contributed by atoms with van der Waals surface area (Å²) in [5.74, 6) is 0.878. The maximum Gasteiger partial charge on any atom is 0.139 e. The molecule has 0 spiro atoms. The van der Waals surface area contributed by atoms with Crippen LogP contribution in [0.4, 0.5) is 0 Å². The number of fused-ring (bicyclic) bond motifs is 5. The molecule has 0 aliphatic heterocycles. The highest BCUT2D eigenvalue weighted by Crippen LogP contribution is 2.41. The third-order valence-electron chi connectivity index (χ3n) is 4.93. The quantitative estimate of drug-likeness (QED) is 0.379. The lowest BCUT2D eigenvalue weighted by Gasteiger charge is -2.07. The first-order valence-electron chi connectivity index (χ1n) is 9.06. The molecule has 0 amide bonds. The summed E-state index contributed by atoms with van der Waals surface area (Å²) in [6.07, 6.45) is 3.65. The monoisotopic (exact) mass is 378 g/mol. The van der Waals surface area contributed by atoms with Gasteiger partial charge in [0, 0.05) is 27.9 Å².